The fourth-order valence-corrected chi connectivity index (χ4v) is 4.44. The minimum absolute atomic E-state index is 0.0922. The van der Waals surface area contributed by atoms with Gasteiger partial charge in [-0.25, -0.2) is 32.3 Å². The van der Waals surface area contributed by atoms with Crippen LogP contribution in [0.1, 0.15) is 22.3 Å². The van der Waals surface area contributed by atoms with Crippen LogP contribution >= 0.6 is 0 Å². The Kier molecular flexibility index (Phi) is 5.12. The molecule has 3 N–H and O–H groups in total. The molecule has 8 nitrogen and oxygen atoms in total. The van der Waals surface area contributed by atoms with E-state index in [9.17, 15) is 35.2 Å². The lowest BCUT2D eigenvalue weighted by Crippen LogP contribution is -2.46. The van der Waals surface area contributed by atoms with Gasteiger partial charge in [0.15, 0.2) is 5.03 Å². The molecule has 1 aliphatic heterocycles. The third-order valence-electron chi connectivity index (χ3n) is 5.54. The van der Waals surface area contributed by atoms with E-state index >= 15 is 0 Å². The molecule has 0 aromatic carbocycles. The Morgan fingerprint density at radius 2 is 1.94 bits per heavy atom. The lowest BCUT2D eigenvalue weighted by molar-refractivity contribution is -0.152. The number of rotatable bonds is 4. The number of hydrogen-bond acceptors (Lipinski definition) is 6. The number of alkyl halides is 5. The number of aromatic nitrogens is 2. The molecule has 0 bridgehead atoms. The molecule has 2 fully saturated rings. The Hall–Kier alpha value is -2.87. The van der Waals surface area contributed by atoms with E-state index in [1.807, 2.05) is 0 Å². The molecule has 1 amide bonds. The van der Waals surface area contributed by atoms with Gasteiger partial charge < -0.3 is 10.2 Å². The molecular formula is C18H16F5N5O3S. The Balaban J connectivity index is 1.68. The molecule has 1 saturated heterocycles. The largest absolute Gasteiger partial charge is 0.417 e. The Labute approximate surface area is 178 Å². The fraction of sp³-hybridized carbons (Fsp3) is 0.389. The van der Waals surface area contributed by atoms with Crippen molar-refractivity contribution < 1.29 is 35.2 Å². The first kappa shape index (κ1) is 22.3. The minimum Gasteiger partial charge on any atom is -0.355 e. The maximum absolute atomic E-state index is 13.7. The van der Waals surface area contributed by atoms with E-state index in [0.29, 0.717) is 12.3 Å². The van der Waals surface area contributed by atoms with Gasteiger partial charge in [-0.1, -0.05) is 0 Å². The number of amides is 1. The third-order valence-corrected chi connectivity index (χ3v) is 6.35. The number of hydrogen-bond donors (Lipinski definition) is 2. The maximum atomic E-state index is 13.7. The minimum atomic E-state index is -4.80. The molecule has 3 heterocycles. The molecule has 14 heteroatoms. The van der Waals surface area contributed by atoms with E-state index in [-0.39, 0.29) is 36.9 Å². The second-order valence-electron chi connectivity index (χ2n) is 7.71. The van der Waals surface area contributed by atoms with E-state index < -0.39 is 50.1 Å². The fourth-order valence-electron chi connectivity index (χ4n) is 3.94. The van der Waals surface area contributed by atoms with Gasteiger partial charge in [-0.15, -0.1) is 0 Å². The molecule has 2 atom stereocenters. The summed E-state index contributed by atoms with van der Waals surface area (Å²) in [5, 5.41) is 6.72. The van der Waals surface area contributed by atoms with Gasteiger partial charge in [0.1, 0.15) is 5.82 Å². The first-order chi connectivity index (χ1) is 14.8. The van der Waals surface area contributed by atoms with Crippen molar-refractivity contribution >= 4 is 27.4 Å². The first-order valence-electron chi connectivity index (χ1n) is 9.26. The molecule has 2 aliphatic rings. The van der Waals surface area contributed by atoms with E-state index in [2.05, 4.69) is 15.3 Å². The van der Waals surface area contributed by atoms with E-state index in [1.54, 1.807) is 0 Å². The number of halogens is 5. The van der Waals surface area contributed by atoms with Crippen molar-refractivity contribution in [1.82, 2.24) is 9.97 Å². The SMILES string of the molecule is NS(=O)(=O)c1cc(NC(=O)c2cc(C(F)(F)F)cnc2N2CC3CC(F)(F)C3C2)ccn1. The van der Waals surface area contributed by atoms with Gasteiger partial charge in [-0.3, -0.25) is 4.79 Å². The summed E-state index contributed by atoms with van der Waals surface area (Å²) in [7, 11) is -4.19. The predicted octanol–water partition coefficient (Wildman–Crippen LogP) is 2.49. The van der Waals surface area contributed by atoms with Crippen molar-refractivity contribution in [3.05, 3.63) is 41.7 Å². The summed E-state index contributed by atoms with van der Waals surface area (Å²) < 4.78 is 90.0. The number of fused-ring (bicyclic) bond motifs is 1. The van der Waals surface area contributed by atoms with Gasteiger partial charge >= 0.3 is 6.18 Å². The molecular weight excluding hydrogens is 461 g/mol. The second-order valence-corrected chi connectivity index (χ2v) is 9.22. The molecule has 4 rings (SSSR count). The number of carbonyl (C=O) groups is 1. The van der Waals surface area contributed by atoms with Crippen LogP contribution < -0.4 is 15.4 Å². The summed E-state index contributed by atoms with van der Waals surface area (Å²) in [5.74, 6) is -5.37. The smallest absolute Gasteiger partial charge is 0.355 e. The monoisotopic (exact) mass is 477 g/mol. The molecule has 0 spiro atoms. The van der Waals surface area contributed by atoms with Crippen LogP contribution in [0.15, 0.2) is 35.6 Å². The molecule has 2 unspecified atom stereocenters. The number of primary sulfonamides is 1. The van der Waals surface area contributed by atoms with Crippen LogP contribution in [0.2, 0.25) is 0 Å². The summed E-state index contributed by atoms with van der Waals surface area (Å²) in [4.78, 5) is 21.5. The number of carbonyl (C=O) groups excluding carboxylic acids is 1. The zero-order valence-electron chi connectivity index (χ0n) is 16.1. The van der Waals surface area contributed by atoms with Gasteiger partial charge in [0.2, 0.25) is 0 Å². The second kappa shape index (κ2) is 7.33. The Morgan fingerprint density at radius 3 is 2.53 bits per heavy atom. The Bertz CT molecular complexity index is 1190. The summed E-state index contributed by atoms with van der Waals surface area (Å²) >= 11 is 0. The standard InChI is InChI=1S/C18H16F5N5O3S/c19-17(20)5-9-7-28(8-13(9)17)15-12(3-10(6-26-15)18(21,22)23)16(29)27-11-1-2-25-14(4-11)32(24,30)31/h1-4,6,9,13H,5,7-8H2,(H2,24,30,31)(H,25,27,29). The predicted molar refractivity (Wildman–Crippen MR) is 102 cm³/mol. The summed E-state index contributed by atoms with van der Waals surface area (Å²) in [6.45, 7) is -0.0230. The highest BCUT2D eigenvalue weighted by Gasteiger charge is 2.60. The van der Waals surface area contributed by atoms with Crippen LogP contribution in [0.4, 0.5) is 33.5 Å². The van der Waals surface area contributed by atoms with Crippen molar-refractivity contribution in [2.24, 2.45) is 17.0 Å². The van der Waals surface area contributed by atoms with Crippen molar-refractivity contribution in [3.8, 4) is 0 Å². The van der Waals surface area contributed by atoms with Crippen molar-refractivity contribution in [2.75, 3.05) is 23.3 Å². The maximum Gasteiger partial charge on any atom is 0.417 e. The first-order valence-corrected chi connectivity index (χ1v) is 10.8. The number of anilines is 2. The third kappa shape index (κ3) is 4.11. The van der Waals surface area contributed by atoms with Gasteiger partial charge in [-0.2, -0.15) is 13.2 Å². The van der Waals surface area contributed by atoms with Crippen LogP contribution in [0.3, 0.4) is 0 Å². The molecule has 172 valence electrons. The molecule has 1 aliphatic carbocycles. The summed E-state index contributed by atoms with van der Waals surface area (Å²) in [5.41, 5.74) is -1.78. The number of nitrogens with two attached hydrogens (primary N) is 1. The van der Waals surface area contributed by atoms with Crippen molar-refractivity contribution in [1.29, 1.82) is 0 Å². The molecule has 2 aromatic rings. The van der Waals surface area contributed by atoms with Gasteiger partial charge in [0, 0.05) is 49.6 Å². The van der Waals surface area contributed by atoms with Gasteiger partial charge in [0.05, 0.1) is 11.1 Å². The van der Waals surface area contributed by atoms with Crippen LogP contribution in [0.5, 0.6) is 0 Å². The van der Waals surface area contributed by atoms with Crippen LogP contribution in [-0.4, -0.2) is 43.3 Å². The normalized spacial score (nSPS) is 22.2. The summed E-state index contributed by atoms with van der Waals surface area (Å²) in [6, 6.07) is 2.73. The topological polar surface area (TPSA) is 118 Å². The highest BCUT2D eigenvalue weighted by atomic mass is 32.2. The van der Waals surface area contributed by atoms with Gasteiger partial charge in [0.25, 0.3) is 21.9 Å². The van der Waals surface area contributed by atoms with Crippen LogP contribution in [-0.2, 0) is 16.2 Å². The number of sulfonamides is 1. The van der Waals surface area contributed by atoms with Crippen LogP contribution in [0, 0.1) is 11.8 Å². The quantitative estimate of drug-likeness (QED) is 0.654. The van der Waals surface area contributed by atoms with E-state index in [1.165, 1.54) is 11.0 Å². The van der Waals surface area contributed by atoms with Gasteiger partial charge in [-0.05, 0) is 18.1 Å². The molecule has 32 heavy (non-hydrogen) atoms. The van der Waals surface area contributed by atoms with Crippen molar-refractivity contribution in [3.63, 3.8) is 0 Å². The number of pyridine rings is 2. The summed E-state index contributed by atoms with van der Waals surface area (Å²) in [6.07, 6.45) is -3.55. The Morgan fingerprint density at radius 1 is 1.22 bits per heavy atom. The zero-order valence-corrected chi connectivity index (χ0v) is 16.9. The van der Waals surface area contributed by atoms with E-state index in [4.69, 9.17) is 5.14 Å². The average molecular weight is 477 g/mol. The molecule has 0 radical (unpaired) electrons. The lowest BCUT2D eigenvalue weighted by atomic mass is 9.72. The lowest BCUT2D eigenvalue weighted by Gasteiger charge is -2.38. The molecule has 1 saturated carbocycles. The molecule has 2 aromatic heterocycles. The highest BCUT2D eigenvalue weighted by Crippen LogP contribution is 2.52. The zero-order chi connectivity index (χ0) is 23.5. The van der Waals surface area contributed by atoms with E-state index in [0.717, 1.165) is 12.3 Å². The number of nitrogens with one attached hydrogen (secondary N) is 1. The van der Waals surface area contributed by atoms with Crippen LogP contribution in [0.25, 0.3) is 0 Å². The number of nitrogens with zero attached hydrogens (tertiary/aromatic N) is 3. The van der Waals surface area contributed by atoms with Crippen molar-refractivity contribution in [2.45, 2.75) is 23.5 Å². The average Bonchev–Trinajstić information content (AvgIpc) is 3.05. The highest BCUT2D eigenvalue weighted by molar-refractivity contribution is 7.89.